The predicted octanol–water partition coefficient (Wildman–Crippen LogP) is 2.64. The molecule has 1 aromatic carbocycles. The molecular weight excluding hydrogens is 261 g/mol. The van der Waals surface area contributed by atoms with Gasteiger partial charge in [0.1, 0.15) is 5.75 Å². The van der Waals surface area contributed by atoms with Crippen LogP contribution in [0.2, 0.25) is 10.0 Å². The molecule has 0 saturated carbocycles. The van der Waals surface area contributed by atoms with E-state index in [1.807, 2.05) is 13.0 Å². The van der Waals surface area contributed by atoms with Crippen molar-refractivity contribution in [2.75, 3.05) is 13.2 Å². The van der Waals surface area contributed by atoms with Gasteiger partial charge < -0.3 is 15.6 Å². The Morgan fingerprint density at radius 2 is 2.12 bits per heavy atom. The van der Waals surface area contributed by atoms with Gasteiger partial charge in [-0.25, -0.2) is 0 Å². The second kappa shape index (κ2) is 7.07. The van der Waals surface area contributed by atoms with Gasteiger partial charge in [0.2, 0.25) is 0 Å². The normalized spacial score (nSPS) is 12.5. The summed E-state index contributed by atoms with van der Waals surface area (Å²) in [5.41, 5.74) is 6.26. The minimum Gasteiger partial charge on any atom is -0.492 e. The summed E-state index contributed by atoms with van der Waals surface area (Å²) >= 11 is 12.0. The van der Waals surface area contributed by atoms with Crippen molar-refractivity contribution in [2.45, 2.75) is 25.9 Å². The van der Waals surface area contributed by atoms with Crippen LogP contribution in [0.1, 0.15) is 18.9 Å². The number of hydrogen-bond acceptors (Lipinski definition) is 3. The van der Waals surface area contributed by atoms with Crippen molar-refractivity contribution in [3.8, 4) is 5.75 Å². The first-order valence-corrected chi connectivity index (χ1v) is 6.32. The highest BCUT2D eigenvalue weighted by Crippen LogP contribution is 2.33. The van der Waals surface area contributed by atoms with Gasteiger partial charge in [-0.1, -0.05) is 23.2 Å². The Bertz CT molecular complexity index is 372. The van der Waals surface area contributed by atoms with Crippen LogP contribution in [0.25, 0.3) is 0 Å². The first kappa shape index (κ1) is 14.6. The lowest BCUT2D eigenvalue weighted by Crippen LogP contribution is -2.20. The highest BCUT2D eigenvalue weighted by atomic mass is 35.5. The third-order valence-electron chi connectivity index (χ3n) is 2.39. The number of ether oxygens (including phenoxy) is 1. The van der Waals surface area contributed by atoms with E-state index in [2.05, 4.69) is 0 Å². The summed E-state index contributed by atoms with van der Waals surface area (Å²) in [5.74, 6) is 0.641. The maximum absolute atomic E-state index is 9.45. The van der Waals surface area contributed by atoms with Gasteiger partial charge in [0, 0.05) is 11.6 Å². The molecule has 17 heavy (non-hydrogen) atoms. The number of nitrogens with two attached hydrogens (primary N) is 1. The van der Waals surface area contributed by atoms with Crippen LogP contribution in [0.15, 0.2) is 12.1 Å². The third-order valence-corrected chi connectivity index (χ3v) is 2.89. The molecule has 0 aliphatic carbocycles. The minimum atomic E-state index is -0.512. The van der Waals surface area contributed by atoms with Crippen LogP contribution in [0.4, 0.5) is 0 Å². The molecule has 0 spiro atoms. The van der Waals surface area contributed by atoms with Crippen molar-refractivity contribution in [1.29, 1.82) is 0 Å². The molecule has 0 aromatic heterocycles. The number of rotatable bonds is 6. The maximum Gasteiger partial charge on any atom is 0.141 e. The van der Waals surface area contributed by atoms with E-state index in [1.54, 1.807) is 6.07 Å². The first-order chi connectivity index (χ1) is 8.08. The van der Waals surface area contributed by atoms with Crippen LogP contribution in [-0.2, 0) is 6.42 Å². The zero-order valence-electron chi connectivity index (χ0n) is 9.75. The van der Waals surface area contributed by atoms with Crippen LogP contribution in [-0.4, -0.2) is 24.4 Å². The average Bonchev–Trinajstić information content (AvgIpc) is 2.29. The maximum atomic E-state index is 9.45. The standard InChI is InChI=1S/C12H17Cl2NO2/c1-2-17-12-8(3-4-10(16)7-15)5-9(13)6-11(12)14/h5-6,10,16H,2-4,7,15H2,1H3. The molecule has 0 radical (unpaired) electrons. The summed E-state index contributed by atoms with van der Waals surface area (Å²) in [6, 6.07) is 3.46. The van der Waals surface area contributed by atoms with Crippen LogP contribution >= 0.6 is 23.2 Å². The van der Waals surface area contributed by atoms with Crippen molar-refractivity contribution in [3.05, 3.63) is 27.7 Å². The molecule has 0 heterocycles. The minimum absolute atomic E-state index is 0.248. The van der Waals surface area contributed by atoms with Crippen molar-refractivity contribution >= 4 is 23.2 Å². The SMILES string of the molecule is CCOc1c(Cl)cc(Cl)cc1CCC(O)CN. The molecule has 1 unspecified atom stereocenters. The highest BCUT2D eigenvalue weighted by molar-refractivity contribution is 6.35. The van der Waals surface area contributed by atoms with Crippen LogP contribution in [0.3, 0.4) is 0 Å². The zero-order valence-corrected chi connectivity index (χ0v) is 11.3. The monoisotopic (exact) mass is 277 g/mol. The van der Waals surface area contributed by atoms with Gasteiger partial charge in [0.25, 0.3) is 0 Å². The van der Waals surface area contributed by atoms with Crippen molar-refractivity contribution in [2.24, 2.45) is 5.73 Å². The Balaban J connectivity index is 2.87. The lowest BCUT2D eigenvalue weighted by molar-refractivity contribution is 0.172. The largest absolute Gasteiger partial charge is 0.492 e. The molecule has 1 atom stereocenters. The number of aliphatic hydroxyl groups excluding tert-OH is 1. The van der Waals surface area contributed by atoms with Gasteiger partial charge in [-0.15, -0.1) is 0 Å². The summed E-state index contributed by atoms with van der Waals surface area (Å²) in [6.45, 7) is 2.68. The Kier molecular flexibility index (Phi) is 6.06. The van der Waals surface area contributed by atoms with E-state index < -0.39 is 6.10 Å². The van der Waals surface area contributed by atoms with Crippen LogP contribution < -0.4 is 10.5 Å². The average molecular weight is 278 g/mol. The zero-order chi connectivity index (χ0) is 12.8. The van der Waals surface area contributed by atoms with E-state index in [9.17, 15) is 5.11 Å². The predicted molar refractivity (Wildman–Crippen MR) is 71.0 cm³/mol. The molecule has 3 N–H and O–H groups in total. The van der Waals surface area contributed by atoms with Gasteiger partial charge in [-0.2, -0.15) is 0 Å². The first-order valence-electron chi connectivity index (χ1n) is 5.57. The van der Waals surface area contributed by atoms with Gasteiger partial charge in [-0.3, -0.25) is 0 Å². The van der Waals surface area contributed by atoms with E-state index in [-0.39, 0.29) is 6.54 Å². The Labute approximate surface area is 111 Å². The molecule has 0 saturated heterocycles. The summed E-state index contributed by atoms with van der Waals surface area (Å²) in [4.78, 5) is 0. The van der Waals surface area contributed by atoms with E-state index in [4.69, 9.17) is 33.7 Å². The number of benzene rings is 1. The van der Waals surface area contributed by atoms with Gasteiger partial charge in [0.05, 0.1) is 17.7 Å². The van der Waals surface area contributed by atoms with Gasteiger partial charge >= 0.3 is 0 Å². The Morgan fingerprint density at radius 1 is 1.41 bits per heavy atom. The van der Waals surface area contributed by atoms with Crippen molar-refractivity contribution < 1.29 is 9.84 Å². The molecule has 0 bridgehead atoms. The highest BCUT2D eigenvalue weighted by Gasteiger charge is 2.12. The number of hydrogen-bond donors (Lipinski definition) is 2. The molecule has 1 aromatic rings. The number of halogens is 2. The molecule has 0 aliphatic rings. The van der Waals surface area contributed by atoms with Crippen LogP contribution in [0, 0.1) is 0 Å². The smallest absolute Gasteiger partial charge is 0.141 e. The fourth-order valence-corrected chi connectivity index (χ4v) is 2.14. The summed E-state index contributed by atoms with van der Waals surface area (Å²) < 4.78 is 5.49. The van der Waals surface area contributed by atoms with Gasteiger partial charge in [-0.05, 0) is 37.5 Å². The lowest BCUT2D eigenvalue weighted by atomic mass is 10.1. The summed E-state index contributed by atoms with van der Waals surface area (Å²) in [5, 5.41) is 10.5. The Morgan fingerprint density at radius 3 is 2.71 bits per heavy atom. The molecule has 0 fully saturated rings. The second-order valence-corrected chi connectivity index (χ2v) is 4.58. The fourth-order valence-electron chi connectivity index (χ4n) is 1.55. The van der Waals surface area contributed by atoms with E-state index in [0.717, 1.165) is 5.56 Å². The lowest BCUT2D eigenvalue weighted by Gasteiger charge is -2.14. The second-order valence-electron chi connectivity index (χ2n) is 3.74. The van der Waals surface area contributed by atoms with E-state index in [1.165, 1.54) is 0 Å². The van der Waals surface area contributed by atoms with E-state index >= 15 is 0 Å². The number of aliphatic hydroxyl groups is 1. The quantitative estimate of drug-likeness (QED) is 0.841. The Hall–Kier alpha value is -0.480. The van der Waals surface area contributed by atoms with E-state index in [0.29, 0.717) is 35.2 Å². The molecular formula is C12H17Cl2NO2. The fraction of sp³-hybridized carbons (Fsp3) is 0.500. The third kappa shape index (κ3) is 4.36. The van der Waals surface area contributed by atoms with Gasteiger partial charge in [0.15, 0.2) is 0 Å². The summed E-state index contributed by atoms with van der Waals surface area (Å²) in [7, 11) is 0. The molecule has 96 valence electrons. The number of aryl methyl sites for hydroxylation is 1. The molecule has 0 amide bonds. The topological polar surface area (TPSA) is 55.5 Å². The van der Waals surface area contributed by atoms with Crippen molar-refractivity contribution in [1.82, 2.24) is 0 Å². The molecule has 0 aliphatic heterocycles. The summed E-state index contributed by atoms with van der Waals surface area (Å²) in [6.07, 6.45) is 0.684. The molecule has 3 nitrogen and oxygen atoms in total. The molecule has 1 rings (SSSR count). The van der Waals surface area contributed by atoms with Crippen LogP contribution in [0.5, 0.6) is 5.75 Å². The van der Waals surface area contributed by atoms with Crippen molar-refractivity contribution in [3.63, 3.8) is 0 Å². The molecule has 5 heteroatoms.